The van der Waals surface area contributed by atoms with E-state index >= 15 is 0 Å². The molecule has 0 saturated heterocycles. The highest BCUT2D eigenvalue weighted by Crippen LogP contribution is 2.10. The average Bonchev–Trinajstić information content (AvgIpc) is 2.98. The van der Waals surface area contributed by atoms with Gasteiger partial charge in [-0.3, -0.25) is 24.0 Å². The van der Waals surface area contributed by atoms with Gasteiger partial charge in [-0.2, -0.15) is 0 Å². The predicted octanol–water partition coefficient (Wildman–Crippen LogP) is 1.86. The molecule has 0 radical (unpaired) electrons. The second-order valence-electron chi connectivity index (χ2n) is 9.81. The van der Waals surface area contributed by atoms with E-state index in [1.54, 1.807) is 19.1 Å². The molecule has 4 atom stereocenters. The lowest BCUT2D eigenvalue weighted by molar-refractivity contribution is -0.146. The van der Waals surface area contributed by atoms with Crippen LogP contribution in [-0.2, 0) is 46.7 Å². The Balaban J connectivity index is 1.98. The number of nitrogens with two attached hydrogens (primary N) is 2. The Morgan fingerprint density at radius 3 is 1.61 bits per heavy atom. The number of nitrogens with one attached hydrogen (secondary N) is 2. The molecule has 222 valence electrons. The molecule has 0 aromatic heterocycles. The summed E-state index contributed by atoms with van der Waals surface area (Å²) >= 11 is 0. The maximum atomic E-state index is 13.2. The normalized spacial score (nSPS) is 13.6. The smallest absolute Gasteiger partial charge is 0.306 e. The lowest BCUT2D eigenvalue weighted by Gasteiger charge is -2.24. The summed E-state index contributed by atoms with van der Waals surface area (Å²) in [5, 5.41) is 5.07. The summed E-state index contributed by atoms with van der Waals surface area (Å²) in [6, 6.07) is 14.9. The molecule has 0 saturated carbocycles. The van der Waals surface area contributed by atoms with Gasteiger partial charge in [-0.1, -0.05) is 80.9 Å². The second-order valence-corrected chi connectivity index (χ2v) is 9.81. The number of primary amides is 1. The molecule has 2 aromatic rings. The van der Waals surface area contributed by atoms with Crippen molar-refractivity contribution in [3.05, 3.63) is 71.8 Å². The molecule has 2 aromatic carbocycles. The standard InChI is InChI=1S/C30H40N4O7/c1-3-20(2)27(31)30(39)34-24(15-17-26(36)41-19-22-12-8-5-9-13-22)29(38)33-23(28(32)37)14-16-25(35)40-18-21-10-6-4-7-11-21/h4-13,20,23-24,27H,3,14-19,31H2,1-2H3,(H2,32,37)(H,33,38)(H,34,39). The molecule has 3 amide bonds. The van der Waals surface area contributed by atoms with Crippen LogP contribution in [0.25, 0.3) is 0 Å². The molecule has 0 bridgehead atoms. The van der Waals surface area contributed by atoms with E-state index in [0.29, 0.717) is 6.42 Å². The van der Waals surface area contributed by atoms with E-state index in [9.17, 15) is 24.0 Å². The maximum Gasteiger partial charge on any atom is 0.306 e. The molecule has 0 aliphatic rings. The van der Waals surface area contributed by atoms with Crippen LogP contribution in [0.1, 0.15) is 57.1 Å². The molecule has 41 heavy (non-hydrogen) atoms. The van der Waals surface area contributed by atoms with Gasteiger partial charge in [0, 0.05) is 12.8 Å². The topological polar surface area (TPSA) is 180 Å². The molecular weight excluding hydrogens is 528 g/mol. The lowest BCUT2D eigenvalue weighted by atomic mass is 9.98. The molecule has 11 nitrogen and oxygen atoms in total. The van der Waals surface area contributed by atoms with E-state index in [-0.39, 0.29) is 44.8 Å². The summed E-state index contributed by atoms with van der Waals surface area (Å²) in [7, 11) is 0. The number of ether oxygens (including phenoxy) is 2. The van der Waals surface area contributed by atoms with E-state index in [2.05, 4.69) is 10.6 Å². The fourth-order valence-electron chi connectivity index (χ4n) is 3.75. The monoisotopic (exact) mass is 568 g/mol. The zero-order chi connectivity index (χ0) is 30.2. The molecule has 0 heterocycles. The van der Waals surface area contributed by atoms with Crippen molar-refractivity contribution >= 4 is 29.7 Å². The minimum atomic E-state index is -1.21. The van der Waals surface area contributed by atoms with E-state index < -0.39 is 47.8 Å². The van der Waals surface area contributed by atoms with Gasteiger partial charge in [-0.15, -0.1) is 0 Å². The summed E-state index contributed by atoms with van der Waals surface area (Å²) in [5.41, 5.74) is 13.1. The molecule has 4 unspecified atom stereocenters. The SMILES string of the molecule is CCC(C)C(N)C(=O)NC(CCC(=O)OCc1ccccc1)C(=O)NC(CCC(=O)OCc1ccccc1)C(N)=O. The van der Waals surface area contributed by atoms with Gasteiger partial charge in [0.2, 0.25) is 17.7 Å². The molecule has 0 fully saturated rings. The van der Waals surface area contributed by atoms with Crippen LogP contribution in [0.15, 0.2) is 60.7 Å². The first kappa shape index (κ1) is 33.0. The molecule has 0 aliphatic carbocycles. The molecule has 11 heteroatoms. The second kappa shape index (κ2) is 17.4. The number of carbonyl (C=O) groups is 5. The summed E-state index contributed by atoms with van der Waals surface area (Å²) < 4.78 is 10.5. The van der Waals surface area contributed by atoms with Gasteiger partial charge in [0.1, 0.15) is 25.3 Å². The molecule has 0 aliphatic heterocycles. The van der Waals surface area contributed by atoms with Crippen LogP contribution in [0.3, 0.4) is 0 Å². The van der Waals surface area contributed by atoms with E-state index in [1.807, 2.05) is 55.5 Å². The third-order valence-corrected chi connectivity index (χ3v) is 6.61. The minimum absolute atomic E-state index is 0.0614. The van der Waals surface area contributed by atoms with Crippen LogP contribution in [0.4, 0.5) is 0 Å². The number of hydrogen-bond donors (Lipinski definition) is 4. The van der Waals surface area contributed by atoms with Gasteiger partial charge in [0.15, 0.2) is 0 Å². The van der Waals surface area contributed by atoms with Crippen LogP contribution < -0.4 is 22.1 Å². The third-order valence-electron chi connectivity index (χ3n) is 6.61. The van der Waals surface area contributed by atoms with E-state index in [4.69, 9.17) is 20.9 Å². The molecule has 0 spiro atoms. The highest BCUT2D eigenvalue weighted by Gasteiger charge is 2.29. The van der Waals surface area contributed by atoms with Crippen LogP contribution in [0.5, 0.6) is 0 Å². The van der Waals surface area contributed by atoms with Crippen LogP contribution in [-0.4, -0.2) is 47.8 Å². The molecular formula is C30H40N4O7. The van der Waals surface area contributed by atoms with Crippen molar-refractivity contribution < 1.29 is 33.4 Å². The first-order valence-electron chi connectivity index (χ1n) is 13.6. The van der Waals surface area contributed by atoms with Gasteiger partial charge in [0.25, 0.3) is 0 Å². The average molecular weight is 569 g/mol. The zero-order valence-electron chi connectivity index (χ0n) is 23.5. The van der Waals surface area contributed by atoms with E-state index in [1.165, 1.54) is 0 Å². The van der Waals surface area contributed by atoms with Crippen LogP contribution >= 0.6 is 0 Å². The van der Waals surface area contributed by atoms with Crippen molar-refractivity contribution in [1.82, 2.24) is 10.6 Å². The van der Waals surface area contributed by atoms with Crippen molar-refractivity contribution in [2.45, 2.75) is 77.3 Å². The number of benzene rings is 2. The summed E-state index contributed by atoms with van der Waals surface area (Å²) in [5.74, 6) is -3.48. The summed E-state index contributed by atoms with van der Waals surface area (Å²) in [6.45, 7) is 3.82. The summed E-state index contributed by atoms with van der Waals surface area (Å²) in [6.07, 6.45) is 0.0601. The number of carbonyl (C=O) groups excluding carboxylic acids is 5. The highest BCUT2D eigenvalue weighted by atomic mass is 16.5. The molecule has 6 N–H and O–H groups in total. The fraction of sp³-hybridized carbons (Fsp3) is 0.433. The lowest BCUT2D eigenvalue weighted by Crippen LogP contribution is -2.56. The number of amides is 3. The Kier molecular flexibility index (Phi) is 14.0. The highest BCUT2D eigenvalue weighted by molar-refractivity contribution is 5.93. The minimum Gasteiger partial charge on any atom is -0.461 e. The van der Waals surface area contributed by atoms with Crippen molar-refractivity contribution in [3.8, 4) is 0 Å². The molecule has 2 rings (SSSR count). The van der Waals surface area contributed by atoms with Gasteiger partial charge >= 0.3 is 11.9 Å². The maximum absolute atomic E-state index is 13.2. The van der Waals surface area contributed by atoms with Gasteiger partial charge in [-0.25, -0.2) is 0 Å². The van der Waals surface area contributed by atoms with Crippen molar-refractivity contribution in [2.75, 3.05) is 0 Å². The van der Waals surface area contributed by atoms with E-state index in [0.717, 1.165) is 11.1 Å². The Morgan fingerprint density at radius 1 is 0.732 bits per heavy atom. The fourth-order valence-corrected chi connectivity index (χ4v) is 3.75. The quantitative estimate of drug-likeness (QED) is 0.209. The number of rotatable bonds is 17. The van der Waals surface area contributed by atoms with Crippen molar-refractivity contribution in [1.29, 1.82) is 0 Å². The van der Waals surface area contributed by atoms with Crippen molar-refractivity contribution in [2.24, 2.45) is 17.4 Å². The zero-order valence-corrected chi connectivity index (χ0v) is 23.5. The van der Waals surface area contributed by atoms with Gasteiger partial charge in [-0.05, 0) is 29.9 Å². The van der Waals surface area contributed by atoms with Crippen molar-refractivity contribution in [3.63, 3.8) is 0 Å². The predicted molar refractivity (Wildman–Crippen MR) is 151 cm³/mol. The summed E-state index contributed by atoms with van der Waals surface area (Å²) in [4.78, 5) is 62.6. The Hall–Kier alpha value is -4.25. The Labute approximate surface area is 240 Å². The first-order valence-corrected chi connectivity index (χ1v) is 13.6. The third kappa shape index (κ3) is 12.2. The van der Waals surface area contributed by atoms with Crippen LogP contribution in [0.2, 0.25) is 0 Å². The Morgan fingerprint density at radius 2 is 1.17 bits per heavy atom. The first-order chi connectivity index (χ1) is 19.6. The number of hydrogen-bond acceptors (Lipinski definition) is 8. The van der Waals surface area contributed by atoms with Crippen LogP contribution in [0, 0.1) is 5.92 Å². The number of esters is 2. The largest absolute Gasteiger partial charge is 0.461 e. The van der Waals surface area contributed by atoms with Gasteiger partial charge in [0.05, 0.1) is 6.04 Å². The Bertz CT molecular complexity index is 1140. The van der Waals surface area contributed by atoms with Gasteiger partial charge < -0.3 is 31.6 Å².